The van der Waals surface area contributed by atoms with Crippen LogP contribution >= 0.6 is 0 Å². The summed E-state index contributed by atoms with van der Waals surface area (Å²) in [6.07, 6.45) is 0.901. The lowest BCUT2D eigenvalue weighted by Gasteiger charge is -2.33. The van der Waals surface area contributed by atoms with Crippen molar-refractivity contribution in [3.05, 3.63) is 23.8 Å². The number of rotatable bonds is 5. The van der Waals surface area contributed by atoms with Crippen molar-refractivity contribution in [1.82, 2.24) is 15.3 Å². The Bertz CT molecular complexity index is 444. The summed E-state index contributed by atoms with van der Waals surface area (Å²) in [5, 5.41) is 12.9. The van der Waals surface area contributed by atoms with Gasteiger partial charge in [0.2, 0.25) is 0 Å². The van der Waals surface area contributed by atoms with Crippen molar-refractivity contribution in [3.63, 3.8) is 0 Å². The summed E-state index contributed by atoms with van der Waals surface area (Å²) in [6, 6.07) is 1.64. The second-order valence-electron chi connectivity index (χ2n) is 5.90. The molecule has 0 saturated heterocycles. The second-order valence-corrected chi connectivity index (χ2v) is 5.90. The number of aromatic nitrogens is 2. The Kier molecular flexibility index (Phi) is 5.00. The number of amides is 1. The molecule has 0 aliphatic carbocycles. The largest absolute Gasteiger partial charge is 0.392 e. The number of carbonyl (C=O) groups is 1. The van der Waals surface area contributed by atoms with Crippen LogP contribution < -0.4 is 5.32 Å². The quantitative estimate of drug-likeness (QED) is 0.847. The number of carbonyl (C=O) groups excluding carboxylic acids is 1. The minimum Gasteiger partial charge on any atom is -0.392 e. The standard InChI is InChI=1S/C14H23N3O2/c1-9(2)12(18)14(4,5)7-15-13(19)11-6-10(3)16-8-17-11/h6,8-9,12,18H,7H2,1-5H3,(H,15,19). The van der Waals surface area contributed by atoms with E-state index in [1.165, 1.54) is 6.33 Å². The van der Waals surface area contributed by atoms with Gasteiger partial charge in [0.1, 0.15) is 12.0 Å². The lowest BCUT2D eigenvalue weighted by molar-refractivity contribution is 0.0138. The molecule has 0 aromatic carbocycles. The molecule has 2 N–H and O–H groups in total. The maximum Gasteiger partial charge on any atom is 0.270 e. The van der Waals surface area contributed by atoms with E-state index in [1.807, 2.05) is 34.6 Å². The normalized spacial score (nSPS) is 13.4. The van der Waals surface area contributed by atoms with E-state index in [0.29, 0.717) is 12.2 Å². The van der Waals surface area contributed by atoms with E-state index < -0.39 is 6.10 Å². The molecular weight excluding hydrogens is 242 g/mol. The Morgan fingerprint density at radius 1 is 1.42 bits per heavy atom. The number of aliphatic hydroxyl groups excluding tert-OH is 1. The van der Waals surface area contributed by atoms with Gasteiger partial charge in [-0.25, -0.2) is 9.97 Å². The van der Waals surface area contributed by atoms with Gasteiger partial charge in [0, 0.05) is 17.7 Å². The molecule has 1 heterocycles. The highest BCUT2D eigenvalue weighted by atomic mass is 16.3. The zero-order chi connectivity index (χ0) is 14.6. The third kappa shape index (κ3) is 4.28. The van der Waals surface area contributed by atoms with Crippen LogP contribution in [-0.4, -0.2) is 33.6 Å². The van der Waals surface area contributed by atoms with Gasteiger partial charge in [0.25, 0.3) is 5.91 Å². The first-order chi connectivity index (χ1) is 8.74. The van der Waals surface area contributed by atoms with Crippen LogP contribution in [0.25, 0.3) is 0 Å². The highest BCUT2D eigenvalue weighted by Crippen LogP contribution is 2.25. The minimum atomic E-state index is -0.472. The molecule has 1 unspecified atom stereocenters. The predicted molar refractivity (Wildman–Crippen MR) is 73.7 cm³/mol. The van der Waals surface area contributed by atoms with Crippen LogP contribution in [-0.2, 0) is 0 Å². The minimum absolute atomic E-state index is 0.146. The molecule has 1 aromatic heterocycles. The van der Waals surface area contributed by atoms with Gasteiger partial charge in [-0.1, -0.05) is 27.7 Å². The lowest BCUT2D eigenvalue weighted by Crippen LogP contribution is -2.43. The Morgan fingerprint density at radius 3 is 2.58 bits per heavy atom. The van der Waals surface area contributed by atoms with Gasteiger partial charge in [-0.3, -0.25) is 4.79 Å². The van der Waals surface area contributed by atoms with Crippen LogP contribution in [0.3, 0.4) is 0 Å². The third-order valence-corrected chi connectivity index (χ3v) is 3.17. The van der Waals surface area contributed by atoms with Crippen molar-refractivity contribution in [2.24, 2.45) is 11.3 Å². The summed E-state index contributed by atoms with van der Waals surface area (Å²) >= 11 is 0. The molecule has 1 atom stereocenters. The SMILES string of the molecule is Cc1cc(C(=O)NCC(C)(C)C(O)C(C)C)ncn1. The fourth-order valence-corrected chi connectivity index (χ4v) is 1.98. The van der Waals surface area contributed by atoms with Crippen molar-refractivity contribution in [2.75, 3.05) is 6.54 Å². The highest BCUT2D eigenvalue weighted by Gasteiger charge is 2.30. The molecule has 0 fully saturated rings. The first-order valence-electron chi connectivity index (χ1n) is 6.49. The molecule has 0 aliphatic rings. The maximum atomic E-state index is 12.0. The molecule has 1 amide bonds. The number of aryl methyl sites for hydroxylation is 1. The van der Waals surface area contributed by atoms with Gasteiger partial charge in [0.05, 0.1) is 6.10 Å². The summed E-state index contributed by atoms with van der Waals surface area (Å²) in [6.45, 7) is 10.00. The van der Waals surface area contributed by atoms with Crippen molar-refractivity contribution < 1.29 is 9.90 Å². The molecule has 5 heteroatoms. The predicted octanol–water partition coefficient (Wildman–Crippen LogP) is 1.56. The van der Waals surface area contributed by atoms with E-state index in [9.17, 15) is 9.90 Å². The monoisotopic (exact) mass is 265 g/mol. The number of nitrogens with zero attached hydrogens (tertiary/aromatic N) is 2. The molecule has 1 aromatic rings. The van der Waals surface area contributed by atoms with Crippen molar-refractivity contribution in [1.29, 1.82) is 0 Å². The topological polar surface area (TPSA) is 75.1 Å². The number of nitrogens with one attached hydrogen (secondary N) is 1. The molecule has 5 nitrogen and oxygen atoms in total. The van der Waals surface area contributed by atoms with Crippen LogP contribution in [0.2, 0.25) is 0 Å². The van der Waals surface area contributed by atoms with E-state index in [0.717, 1.165) is 5.69 Å². The fourth-order valence-electron chi connectivity index (χ4n) is 1.98. The van der Waals surface area contributed by atoms with Gasteiger partial charge >= 0.3 is 0 Å². The van der Waals surface area contributed by atoms with Crippen molar-refractivity contribution >= 4 is 5.91 Å². The molecule has 0 saturated carbocycles. The summed E-state index contributed by atoms with van der Waals surface area (Å²) in [5.74, 6) is -0.0947. The van der Waals surface area contributed by atoms with Crippen LogP contribution in [0.1, 0.15) is 43.9 Å². The maximum absolute atomic E-state index is 12.0. The number of aliphatic hydroxyl groups is 1. The zero-order valence-electron chi connectivity index (χ0n) is 12.3. The Morgan fingerprint density at radius 2 is 2.05 bits per heavy atom. The van der Waals surface area contributed by atoms with Crippen LogP contribution in [0, 0.1) is 18.3 Å². The average Bonchev–Trinajstić information content (AvgIpc) is 2.35. The smallest absolute Gasteiger partial charge is 0.270 e. The van der Waals surface area contributed by atoms with Gasteiger partial charge in [-0.05, 0) is 18.9 Å². The molecule has 0 spiro atoms. The molecule has 0 bridgehead atoms. The lowest BCUT2D eigenvalue weighted by atomic mass is 9.80. The Balaban J connectivity index is 2.64. The summed E-state index contributed by atoms with van der Waals surface area (Å²) < 4.78 is 0. The average molecular weight is 265 g/mol. The molecule has 1 rings (SSSR count). The molecule has 0 aliphatic heterocycles. The van der Waals surface area contributed by atoms with E-state index in [4.69, 9.17) is 0 Å². The molecule has 19 heavy (non-hydrogen) atoms. The Labute approximate surface area is 114 Å². The summed E-state index contributed by atoms with van der Waals surface area (Å²) in [4.78, 5) is 19.8. The third-order valence-electron chi connectivity index (χ3n) is 3.17. The summed E-state index contributed by atoms with van der Waals surface area (Å²) in [7, 11) is 0. The Hall–Kier alpha value is -1.49. The van der Waals surface area contributed by atoms with E-state index in [1.54, 1.807) is 6.07 Å². The number of hydrogen-bond donors (Lipinski definition) is 2. The zero-order valence-corrected chi connectivity index (χ0v) is 12.3. The van der Waals surface area contributed by atoms with Crippen molar-refractivity contribution in [3.8, 4) is 0 Å². The molecule has 106 valence electrons. The molecular formula is C14H23N3O2. The first kappa shape index (κ1) is 15.6. The van der Waals surface area contributed by atoms with Crippen LogP contribution in [0.4, 0.5) is 0 Å². The summed E-state index contributed by atoms with van der Waals surface area (Å²) in [5.41, 5.74) is 0.718. The van der Waals surface area contributed by atoms with Gasteiger partial charge in [-0.2, -0.15) is 0 Å². The van der Waals surface area contributed by atoms with Gasteiger partial charge in [-0.15, -0.1) is 0 Å². The first-order valence-corrected chi connectivity index (χ1v) is 6.49. The molecule has 0 radical (unpaired) electrons. The highest BCUT2D eigenvalue weighted by molar-refractivity contribution is 5.92. The van der Waals surface area contributed by atoms with Crippen LogP contribution in [0.5, 0.6) is 0 Å². The van der Waals surface area contributed by atoms with Crippen LogP contribution in [0.15, 0.2) is 12.4 Å². The van der Waals surface area contributed by atoms with E-state index in [-0.39, 0.29) is 17.2 Å². The second kappa shape index (κ2) is 6.10. The van der Waals surface area contributed by atoms with Crippen molar-refractivity contribution in [2.45, 2.75) is 40.7 Å². The van der Waals surface area contributed by atoms with Gasteiger partial charge < -0.3 is 10.4 Å². The van der Waals surface area contributed by atoms with E-state index in [2.05, 4.69) is 15.3 Å². The van der Waals surface area contributed by atoms with Gasteiger partial charge in [0.15, 0.2) is 0 Å². The fraction of sp³-hybridized carbons (Fsp3) is 0.643. The number of hydrogen-bond acceptors (Lipinski definition) is 4. The van der Waals surface area contributed by atoms with E-state index >= 15 is 0 Å².